The van der Waals surface area contributed by atoms with Gasteiger partial charge in [-0.15, -0.1) is 0 Å². The van der Waals surface area contributed by atoms with Crippen molar-refractivity contribution in [2.45, 2.75) is 19.5 Å². The highest BCUT2D eigenvalue weighted by molar-refractivity contribution is 5.96. The van der Waals surface area contributed by atoms with Crippen LogP contribution in [0.4, 0.5) is 4.39 Å². The maximum absolute atomic E-state index is 13.9. The predicted octanol–water partition coefficient (Wildman–Crippen LogP) is 2.77. The fourth-order valence-corrected chi connectivity index (χ4v) is 3.70. The highest BCUT2D eigenvalue weighted by Crippen LogP contribution is 2.14. The molecule has 6 nitrogen and oxygen atoms in total. The highest BCUT2D eigenvalue weighted by atomic mass is 19.1. The fourth-order valence-electron chi connectivity index (χ4n) is 3.70. The van der Waals surface area contributed by atoms with E-state index in [2.05, 4.69) is 0 Å². The van der Waals surface area contributed by atoms with E-state index in [-0.39, 0.29) is 18.5 Å². The second kappa shape index (κ2) is 9.11. The summed E-state index contributed by atoms with van der Waals surface area (Å²) in [5.41, 5.74) is 1.40. The number of carbonyl (C=O) groups is 1. The molecule has 1 heterocycles. The largest absolute Gasteiger partial charge is 0.388 e. The maximum atomic E-state index is 13.9. The normalized spacial score (nSPS) is 11.1. The van der Waals surface area contributed by atoms with E-state index in [4.69, 9.17) is 5.11 Å². The van der Waals surface area contributed by atoms with E-state index < -0.39 is 29.5 Å². The van der Waals surface area contributed by atoms with Crippen LogP contribution in [0, 0.1) is 5.82 Å². The maximum Gasteiger partial charge on any atom is 0.331 e. The smallest absolute Gasteiger partial charge is 0.331 e. The molecule has 4 rings (SSSR count). The first-order chi connectivity index (χ1) is 15.5. The molecular formula is C25H21FN2O4. The van der Waals surface area contributed by atoms with Crippen molar-refractivity contribution in [2.24, 2.45) is 0 Å². The Bertz CT molecular complexity index is 1390. The summed E-state index contributed by atoms with van der Waals surface area (Å²) in [6.45, 7) is -0.278. The molecule has 162 valence electrons. The van der Waals surface area contributed by atoms with E-state index in [0.717, 1.165) is 21.8 Å². The first-order valence-electron chi connectivity index (χ1n) is 10.2. The van der Waals surface area contributed by atoms with Gasteiger partial charge in [0, 0.05) is 12.1 Å². The Morgan fingerprint density at radius 3 is 2.28 bits per heavy atom. The highest BCUT2D eigenvalue weighted by Gasteiger charge is 2.15. The van der Waals surface area contributed by atoms with Crippen LogP contribution in [0.1, 0.15) is 21.5 Å². The summed E-state index contributed by atoms with van der Waals surface area (Å²) in [4.78, 5) is 37.9. The minimum absolute atomic E-state index is 0.129. The SMILES string of the molecule is O=C(CO)c1ccc(Cn2c(=O)n(CCc3ccccc3)c(=O)c3cc(F)ccc32)cc1. The van der Waals surface area contributed by atoms with Crippen LogP contribution in [0.5, 0.6) is 0 Å². The van der Waals surface area contributed by atoms with Gasteiger partial charge in [0.05, 0.1) is 17.4 Å². The van der Waals surface area contributed by atoms with Crippen molar-refractivity contribution < 1.29 is 14.3 Å². The Labute approximate surface area is 182 Å². The average Bonchev–Trinajstić information content (AvgIpc) is 2.82. The van der Waals surface area contributed by atoms with Gasteiger partial charge in [-0.1, -0.05) is 54.6 Å². The molecule has 0 saturated heterocycles. The summed E-state index contributed by atoms with van der Waals surface area (Å²) in [7, 11) is 0. The molecule has 4 aromatic rings. The number of hydrogen-bond donors (Lipinski definition) is 1. The van der Waals surface area contributed by atoms with Crippen molar-refractivity contribution >= 4 is 16.7 Å². The molecular weight excluding hydrogens is 411 g/mol. The summed E-state index contributed by atoms with van der Waals surface area (Å²) in [5, 5.41) is 9.13. The number of ketones is 1. The van der Waals surface area contributed by atoms with Gasteiger partial charge in [0.1, 0.15) is 12.4 Å². The molecule has 0 aliphatic carbocycles. The van der Waals surface area contributed by atoms with Gasteiger partial charge in [0.25, 0.3) is 5.56 Å². The third-order valence-electron chi connectivity index (χ3n) is 5.41. The number of carbonyl (C=O) groups excluding carboxylic acids is 1. The molecule has 32 heavy (non-hydrogen) atoms. The minimum Gasteiger partial charge on any atom is -0.388 e. The summed E-state index contributed by atoms with van der Waals surface area (Å²) >= 11 is 0. The lowest BCUT2D eigenvalue weighted by atomic mass is 10.1. The summed E-state index contributed by atoms with van der Waals surface area (Å²) in [5.74, 6) is -0.953. The van der Waals surface area contributed by atoms with Gasteiger partial charge in [-0.05, 0) is 35.7 Å². The third kappa shape index (κ3) is 4.29. The molecule has 0 aliphatic heterocycles. The molecule has 0 saturated carbocycles. The number of nitrogens with zero attached hydrogens (tertiary/aromatic N) is 2. The topological polar surface area (TPSA) is 81.3 Å². The molecule has 0 radical (unpaired) electrons. The number of benzene rings is 3. The Balaban J connectivity index is 1.77. The van der Waals surface area contributed by atoms with E-state index in [1.54, 1.807) is 24.3 Å². The molecule has 1 aromatic heterocycles. The van der Waals surface area contributed by atoms with Crippen molar-refractivity contribution in [3.63, 3.8) is 0 Å². The van der Waals surface area contributed by atoms with E-state index in [1.807, 2.05) is 30.3 Å². The first-order valence-corrected chi connectivity index (χ1v) is 10.2. The van der Waals surface area contributed by atoms with Gasteiger partial charge in [0.2, 0.25) is 0 Å². The lowest BCUT2D eigenvalue weighted by Crippen LogP contribution is -2.40. The van der Waals surface area contributed by atoms with Crippen molar-refractivity contribution in [2.75, 3.05) is 6.61 Å². The zero-order chi connectivity index (χ0) is 22.7. The van der Waals surface area contributed by atoms with E-state index >= 15 is 0 Å². The Kier molecular flexibility index (Phi) is 6.09. The quantitative estimate of drug-likeness (QED) is 0.456. The molecule has 1 N–H and O–H groups in total. The molecule has 0 bridgehead atoms. The van der Waals surface area contributed by atoms with Crippen molar-refractivity contribution in [3.05, 3.63) is 116 Å². The van der Waals surface area contributed by atoms with Crippen molar-refractivity contribution in [3.8, 4) is 0 Å². The van der Waals surface area contributed by atoms with Gasteiger partial charge >= 0.3 is 5.69 Å². The number of hydrogen-bond acceptors (Lipinski definition) is 4. The molecule has 0 unspecified atom stereocenters. The van der Waals surface area contributed by atoms with Crippen LogP contribution in [-0.4, -0.2) is 26.6 Å². The first kappa shape index (κ1) is 21.4. The lowest BCUT2D eigenvalue weighted by Gasteiger charge is -2.15. The molecule has 3 aromatic carbocycles. The van der Waals surface area contributed by atoms with E-state index in [9.17, 15) is 18.8 Å². The second-order valence-corrected chi connectivity index (χ2v) is 7.50. The van der Waals surface area contributed by atoms with Crippen LogP contribution < -0.4 is 11.2 Å². The van der Waals surface area contributed by atoms with Gasteiger partial charge in [-0.2, -0.15) is 0 Å². The molecule has 0 fully saturated rings. The van der Waals surface area contributed by atoms with Crippen LogP contribution >= 0.6 is 0 Å². The Hall–Kier alpha value is -3.84. The summed E-state index contributed by atoms with van der Waals surface area (Å²) in [6.07, 6.45) is 0.481. The zero-order valence-corrected chi connectivity index (χ0v) is 17.2. The molecule has 0 aliphatic rings. The van der Waals surface area contributed by atoms with Gasteiger partial charge < -0.3 is 5.11 Å². The molecule has 0 spiro atoms. The number of halogens is 1. The number of Topliss-reactive ketones (excluding diaryl/α,β-unsaturated/α-hetero) is 1. The predicted molar refractivity (Wildman–Crippen MR) is 120 cm³/mol. The van der Waals surface area contributed by atoms with Crippen molar-refractivity contribution in [1.82, 2.24) is 9.13 Å². The summed E-state index contributed by atoms with van der Waals surface area (Å²) in [6, 6.07) is 19.8. The lowest BCUT2D eigenvalue weighted by molar-refractivity contribution is 0.0903. The number of aliphatic hydroxyl groups excluding tert-OH is 1. The fraction of sp³-hybridized carbons (Fsp3) is 0.160. The summed E-state index contributed by atoms with van der Waals surface area (Å²) < 4.78 is 16.5. The minimum atomic E-state index is -0.582. The van der Waals surface area contributed by atoms with Gasteiger partial charge in [-0.3, -0.25) is 18.7 Å². The Morgan fingerprint density at radius 1 is 0.875 bits per heavy atom. The second-order valence-electron chi connectivity index (χ2n) is 7.50. The van der Waals surface area contributed by atoms with Crippen LogP contribution in [-0.2, 0) is 19.5 Å². The van der Waals surface area contributed by atoms with E-state index in [1.165, 1.54) is 16.7 Å². The molecule has 7 heteroatoms. The molecule has 0 atom stereocenters. The van der Waals surface area contributed by atoms with Crippen molar-refractivity contribution in [1.29, 1.82) is 0 Å². The Morgan fingerprint density at radius 2 is 1.59 bits per heavy atom. The monoisotopic (exact) mass is 432 g/mol. The number of aromatic nitrogens is 2. The molecule has 0 amide bonds. The van der Waals surface area contributed by atoms with Crippen LogP contribution in [0.3, 0.4) is 0 Å². The number of rotatable bonds is 7. The zero-order valence-electron chi connectivity index (χ0n) is 17.2. The third-order valence-corrected chi connectivity index (χ3v) is 5.41. The van der Waals surface area contributed by atoms with Crippen LogP contribution in [0.2, 0.25) is 0 Å². The average molecular weight is 432 g/mol. The van der Waals surface area contributed by atoms with E-state index in [0.29, 0.717) is 17.5 Å². The standard InChI is InChI=1S/C25H21FN2O4/c26-20-10-11-22-21(14-20)24(31)27(13-12-17-4-2-1-3-5-17)25(32)28(22)15-18-6-8-19(9-7-18)23(30)16-29/h1-11,14,29H,12-13,15-16H2. The number of aryl methyl sites for hydroxylation is 1. The van der Waals surface area contributed by atoms with Gasteiger partial charge in [0.15, 0.2) is 5.78 Å². The van der Waals surface area contributed by atoms with Crippen LogP contribution in [0.25, 0.3) is 10.9 Å². The number of aliphatic hydroxyl groups is 1. The van der Waals surface area contributed by atoms with Gasteiger partial charge in [-0.25, -0.2) is 9.18 Å². The number of fused-ring (bicyclic) bond motifs is 1. The van der Waals surface area contributed by atoms with Crippen LogP contribution in [0.15, 0.2) is 82.4 Å².